The van der Waals surface area contributed by atoms with E-state index in [1.54, 1.807) is 12.1 Å². The predicted molar refractivity (Wildman–Crippen MR) is 88.0 cm³/mol. The first-order chi connectivity index (χ1) is 10.1. The normalized spacial score (nSPS) is 12.2. The molecule has 0 bridgehead atoms. The van der Waals surface area contributed by atoms with Crippen LogP contribution in [0.2, 0.25) is 0 Å². The van der Waals surface area contributed by atoms with Crippen LogP contribution < -0.4 is 5.11 Å². The smallest absolute Gasteiger partial charge is 0.0718 e. The molecule has 0 aliphatic carbocycles. The second-order valence-corrected chi connectivity index (χ2v) is 7.29. The number of carboxylic acids is 1. The van der Waals surface area contributed by atoms with Crippen molar-refractivity contribution < 1.29 is 9.90 Å². The monoisotopic (exact) mass is 295 g/mol. The Morgan fingerprint density at radius 2 is 1.32 bits per heavy atom. The molecule has 0 aromatic heterocycles. The number of hydrogen-bond acceptors (Lipinski definition) is 2. The van der Waals surface area contributed by atoms with Gasteiger partial charge in [-0.15, -0.1) is 0 Å². The largest absolute Gasteiger partial charge is 0.545 e. The van der Waals surface area contributed by atoms with Crippen molar-refractivity contribution in [3.8, 4) is 0 Å². The van der Waals surface area contributed by atoms with Gasteiger partial charge in [0.2, 0.25) is 0 Å². The summed E-state index contributed by atoms with van der Waals surface area (Å²) in [6.45, 7) is 10.6. The average Bonchev–Trinajstić information content (AvgIpc) is 2.46. The third-order valence-corrected chi connectivity index (χ3v) is 4.29. The molecule has 2 nitrogen and oxygen atoms in total. The molecule has 2 rings (SSSR count). The zero-order valence-electron chi connectivity index (χ0n) is 13.9. The molecular formula is C20H23O2-. The first-order valence-electron chi connectivity index (χ1n) is 7.56. The van der Waals surface area contributed by atoms with E-state index in [1.165, 1.54) is 5.56 Å². The van der Waals surface area contributed by atoms with Gasteiger partial charge in [0.15, 0.2) is 0 Å². The van der Waals surface area contributed by atoms with Crippen molar-refractivity contribution in [3.05, 3.63) is 70.8 Å². The van der Waals surface area contributed by atoms with Crippen molar-refractivity contribution in [3.63, 3.8) is 0 Å². The van der Waals surface area contributed by atoms with E-state index < -0.39 is 11.4 Å². The fourth-order valence-corrected chi connectivity index (χ4v) is 2.75. The second-order valence-electron chi connectivity index (χ2n) is 7.29. The van der Waals surface area contributed by atoms with Crippen LogP contribution in [-0.2, 0) is 10.8 Å². The maximum absolute atomic E-state index is 11.4. The molecule has 0 radical (unpaired) electrons. The highest BCUT2D eigenvalue weighted by atomic mass is 16.4. The zero-order valence-corrected chi connectivity index (χ0v) is 13.9. The lowest BCUT2D eigenvalue weighted by Gasteiger charge is -2.30. The Balaban J connectivity index is 2.49. The molecule has 22 heavy (non-hydrogen) atoms. The van der Waals surface area contributed by atoms with Gasteiger partial charge in [-0.1, -0.05) is 83.1 Å². The predicted octanol–water partition coefficient (Wildman–Crippen LogP) is 3.67. The van der Waals surface area contributed by atoms with Crippen LogP contribution in [0.4, 0.5) is 0 Å². The van der Waals surface area contributed by atoms with Crippen molar-refractivity contribution in [1.82, 2.24) is 0 Å². The maximum atomic E-state index is 11.4. The van der Waals surface area contributed by atoms with Gasteiger partial charge in [0, 0.05) is 11.0 Å². The van der Waals surface area contributed by atoms with E-state index in [9.17, 15) is 9.90 Å². The molecular weight excluding hydrogens is 272 g/mol. The van der Waals surface area contributed by atoms with Crippen LogP contribution in [0.3, 0.4) is 0 Å². The van der Waals surface area contributed by atoms with Crippen LogP contribution in [0, 0.1) is 0 Å². The summed E-state index contributed by atoms with van der Waals surface area (Å²) in [5.74, 6) is -1.13. The number of benzene rings is 2. The Labute approximate surface area is 132 Å². The van der Waals surface area contributed by atoms with Gasteiger partial charge < -0.3 is 9.90 Å². The quantitative estimate of drug-likeness (QED) is 0.866. The van der Waals surface area contributed by atoms with Gasteiger partial charge in [-0.2, -0.15) is 0 Å². The molecule has 116 valence electrons. The molecule has 2 heteroatoms. The lowest BCUT2D eigenvalue weighted by molar-refractivity contribution is -0.255. The van der Waals surface area contributed by atoms with Gasteiger partial charge in [-0.3, -0.25) is 0 Å². The maximum Gasteiger partial charge on any atom is 0.0718 e. The molecule has 0 N–H and O–H groups in total. The fraction of sp³-hybridized carbons (Fsp3) is 0.350. The molecule has 0 amide bonds. The summed E-state index contributed by atoms with van der Waals surface area (Å²) in [4.78, 5) is 11.4. The van der Waals surface area contributed by atoms with Crippen molar-refractivity contribution in [2.75, 3.05) is 0 Å². The van der Waals surface area contributed by atoms with Crippen molar-refractivity contribution in [2.24, 2.45) is 0 Å². The zero-order chi connectivity index (χ0) is 16.5. The van der Waals surface area contributed by atoms with E-state index in [4.69, 9.17) is 0 Å². The molecule has 0 atom stereocenters. The minimum absolute atomic E-state index is 0.103. The molecule has 0 spiro atoms. The highest BCUT2D eigenvalue weighted by Crippen LogP contribution is 2.34. The van der Waals surface area contributed by atoms with Gasteiger partial charge in [-0.25, -0.2) is 0 Å². The minimum atomic E-state index is -1.13. The summed E-state index contributed by atoms with van der Waals surface area (Å²) in [7, 11) is 0. The van der Waals surface area contributed by atoms with E-state index in [1.807, 2.05) is 26.0 Å². The van der Waals surface area contributed by atoms with Gasteiger partial charge in [0.05, 0.1) is 5.97 Å². The Kier molecular flexibility index (Phi) is 4.15. The number of hydrogen-bond donors (Lipinski definition) is 0. The Bertz CT molecular complexity index is 674. The topological polar surface area (TPSA) is 40.1 Å². The van der Waals surface area contributed by atoms with Crippen LogP contribution in [0.1, 0.15) is 61.7 Å². The number of carboxylic acid groups (broad SMARTS) is 1. The fourth-order valence-electron chi connectivity index (χ4n) is 2.75. The van der Waals surface area contributed by atoms with Crippen LogP contribution >= 0.6 is 0 Å². The Morgan fingerprint density at radius 1 is 0.818 bits per heavy atom. The standard InChI is InChI=1S/C20H24O2/c1-19(2,3)14-10-12-15(13-11-14)20(4,5)17-9-7-6-8-16(17)18(21)22/h6-13H,1-5H3,(H,21,22)/p-1. The van der Waals surface area contributed by atoms with E-state index in [2.05, 4.69) is 45.0 Å². The van der Waals surface area contributed by atoms with Gasteiger partial charge in [-0.05, 0) is 22.1 Å². The third-order valence-electron chi connectivity index (χ3n) is 4.29. The summed E-state index contributed by atoms with van der Waals surface area (Å²) in [5, 5.41) is 11.4. The average molecular weight is 295 g/mol. The molecule has 0 heterocycles. The molecule has 2 aromatic rings. The third kappa shape index (κ3) is 3.06. The van der Waals surface area contributed by atoms with Gasteiger partial charge >= 0.3 is 0 Å². The van der Waals surface area contributed by atoms with E-state index in [-0.39, 0.29) is 11.0 Å². The van der Waals surface area contributed by atoms with Crippen LogP contribution in [0.5, 0.6) is 0 Å². The molecule has 2 aromatic carbocycles. The van der Waals surface area contributed by atoms with E-state index in [0.29, 0.717) is 0 Å². The van der Waals surface area contributed by atoms with E-state index in [0.717, 1.165) is 11.1 Å². The molecule has 0 fully saturated rings. The highest BCUT2D eigenvalue weighted by molar-refractivity contribution is 5.88. The first kappa shape index (κ1) is 16.3. The van der Waals surface area contributed by atoms with Crippen molar-refractivity contribution in [1.29, 1.82) is 0 Å². The van der Waals surface area contributed by atoms with Crippen molar-refractivity contribution >= 4 is 5.97 Å². The first-order valence-corrected chi connectivity index (χ1v) is 7.56. The molecule has 0 aliphatic heterocycles. The lowest BCUT2D eigenvalue weighted by atomic mass is 9.75. The summed E-state index contributed by atoms with van der Waals surface area (Å²) in [6, 6.07) is 15.5. The number of carbonyl (C=O) groups excluding carboxylic acids is 1. The summed E-state index contributed by atoms with van der Waals surface area (Å²) < 4.78 is 0. The lowest BCUT2D eigenvalue weighted by Crippen LogP contribution is -2.29. The highest BCUT2D eigenvalue weighted by Gasteiger charge is 2.26. The molecule has 0 unspecified atom stereocenters. The van der Waals surface area contributed by atoms with Gasteiger partial charge in [0.1, 0.15) is 0 Å². The number of carbonyl (C=O) groups is 1. The molecule has 0 aliphatic rings. The summed E-state index contributed by atoms with van der Waals surface area (Å²) in [5.41, 5.74) is 3.10. The van der Waals surface area contributed by atoms with Gasteiger partial charge in [0.25, 0.3) is 0 Å². The van der Waals surface area contributed by atoms with E-state index >= 15 is 0 Å². The summed E-state index contributed by atoms with van der Waals surface area (Å²) in [6.07, 6.45) is 0. The molecule has 0 saturated carbocycles. The SMILES string of the molecule is CC(C)(C)c1ccc(C(C)(C)c2ccccc2C(=O)[O-])cc1. The molecule has 0 saturated heterocycles. The number of rotatable bonds is 3. The van der Waals surface area contributed by atoms with Crippen LogP contribution in [0.15, 0.2) is 48.5 Å². The summed E-state index contributed by atoms with van der Waals surface area (Å²) >= 11 is 0. The number of aromatic carboxylic acids is 1. The Hall–Kier alpha value is -2.09. The minimum Gasteiger partial charge on any atom is -0.545 e. The van der Waals surface area contributed by atoms with Crippen molar-refractivity contribution in [2.45, 2.75) is 45.4 Å². The second kappa shape index (κ2) is 5.60. The van der Waals surface area contributed by atoms with Crippen LogP contribution in [0.25, 0.3) is 0 Å². The Morgan fingerprint density at radius 3 is 1.82 bits per heavy atom. The van der Waals surface area contributed by atoms with Crippen LogP contribution in [-0.4, -0.2) is 5.97 Å².